The van der Waals surface area contributed by atoms with Gasteiger partial charge in [-0.05, 0) is 0 Å². The molecular formula is C2H8N4O. The van der Waals surface area contributed by atoms with E-state index in [0.29, 0.717) is 0 Å². The molecule has 3 N–H and O–H groups in total. The van der Waals surface area contributed by atoms with Crippen LogP contribution in [0.1, 0.15) is 0 Å². The van der Waals surface area contributed by atoms with E-state index < -0.39 is 0 Å². The number of rotatable bonds is 2. The largest absolute Gasteiger partial charge is 0.583 e. The van der Waals surface area contributed by atoms with Gasteiger partial charge in [-0.15, -0.1) is 5.23 Å². The van der Waals surface area contributed by atoms with E-state index in [-0.39, 0.29) is 10.4 Å². The van der Waals surface area contributed by atoms with Gasteiger partial charge in [0.05, 0.1) is 6.72 Å². The SMILES string of the molecule is C=N[NH+]([NH-])[NH+](C)[O-]. The van der Waals surface area contributed by atoms with E-state index in [4.69, 9.17) is 5.84 Å². The fourth-order valence-corrected chi connectivity index (χ4v) is 0.111. The van der Waals surface area contributed by atoms with Crippen molar-refractivity contribution in [3.05, 3.63) is 11.0 Å². The van der Waals surface area contributed by atoms with Gasteiger partial charge < -0.3 is 11.0 Å². The second-order valence-corrected chi connectivity index (χ2v) is 1.06. The van der Waals surface area contributed by atoms with Crippen LogP contribution >= 0.6 is 0 Å². The Morgan fingerprint density at radius 3 is 2.29 bits per heavy atom. The Balaban J connectivity index is 3.33. The Morgan fingerprint density at radius 2 is 2.29 bits per heavy atom. The molecule has 0 aromatic heterocycles. The lowest BCUT2D eigenvalue weighted by molar-refractivity contribution is -1.46. The maximum absolute atomic E-state index is 10.0. The summed E-state index contributed by atoms with van der Waals surface area (Å²) >= 11 is 0. The van der Waals surface area contributed by atoms with Crippen molar-refractivity contribution >= 4 is 6.72 Å². The number of quaternary nitrogens is 2. The summed E-state index contributed by atoms with van der Waals surface area (Å²) in [7, 11) is 1.27. The van der Waals surface area contributed by atoms with Crippen molar-refractivity contribution in [3.63, 3.8) is 0 Å². The van der Waals surface area contributed by atoms with Crippen molar-refractivity contribution in [2.75, 3.05) is 7.05 Å². The van der Waals surface area contributed by atoms with E-state index in [2.05, 4.69) is 11.8 Å². The van der Waals surface area contributed by atoms with E-state index in [1.54, 1.807) is 0 Å². The molecule has 7 heavy (non-hydrogen) atoms. The van der Waals surface area contributed by atoms with Gasteiger partial charge in [0, 0.05) is 0 Å². The van der Waals surface area contributed by atoms with Crippen molar-refractivity contribution < 1.29 is 10.4 Å². The molecule has 2 unspecified atom stereocenters. The number of hydroxylamine groups is 1. The van der Waals surface area contributed by atoms with Crippen LogP contribution in [0.15, 0.2) is 5.10 Å². The highest BCUT2D eigenvalue weighted by atomic mass is 16.6. The normalized spacial score (nSPS) is 18.1. The van der Waals surface area contributed by atoms with Crippen molar-refractivity contribution in [1.82, 2.24) is 0 Å². The zero-order valence-electron chi connectivity index (χ0n) is 4.06. The summed E-state index contributed by atoms with van der Waals surface area (Å²) < 4.78 is 0. The second kappa shape index (κ2) is 2.64. The van der Waals surface area contributed by atoms with Crippen molar-refractivity contribution in [2.45, 2.75) is 0 Å². The first kappa shape index (κ1) is 6.51. The predicted molar refractivity (Wildman–Crippen MR) is 25.1 cm³/mol. The smallest absolute Gasteiger partial charge is 0.112 e. The maximum atomic E-state index is 10.0. The number of hydrogen-bond acceptors (Lipinski definition) is 2. The number of nitrogens with one attached hydrogen (secondary N) is 3. The minimum absolute atomic E-state index is 0.278. The van der Waals surface area contributed by atoms with Gasteiger partial charge >= 0.3 is 0 Å². The van der Waals surface area contributed by atoms with Crippen LogP contribution in [0.4, 0.5) is 0 Å². The van der Waals surface area contributed by atoms with Crippen LogP contribution in [-0.2, 0) is 0 Å². The van der Waals surface area contributed by atoms with Crippen LogP contribution in [-0.4, -0.2) is 13.8 Å². The first-order valence-corrected chi connectivity index (χ1v) is 1.74. The molecule has 0 aromatic carbocycles. The standard InChI is InChI=1S/C2H8N4O/c1-4-6(3)5(2)7/h3,5-6H,1H2,2H3. The Hall–Kier alpha value is -0.490. The monoisotopic (exact) mass is 104 g/mol. The molecule has 5 heteroatoms. The number of hydrogen-bond donors (Lipinski definition) is 2. The predicted octanol–water partition coefficient (Wildman–Crippen LogP) is -2.62. The molecule has 2 atom stereocenters. The molecule has 0 rings (SSSR count). The van der Waals surface area contributed by atoms with E-state index in [1.165, 1.54) is 7.05 Å². The molecule has 5 nitrogen and oxygen atoms in total. The quantitative estimate of drug-likeness (QED) is 0.292. The molecule has 0 fully saturated rings. The van der Waals surface area contributed by atoms with Crippen molar-refractivity contribution in [2.24, 2.45) is 5.10 Å². The lowest BCUT2D eigenvalue weighted by atomic mass is 11.4. The Labute approximate surface area is 41.5 Å². The molecule has 0 aliphatic rings. The molecule has 0 saturated heterocycles. The maximum Gasteiger partial charge on any atom is 0.112 e. The van der Waals surface area contributed by atoms with Gasteiger partial charge in [-0.25, -0.2) is 5.17 Å². The summed E-state index contributed by atoms with van der Waals surface area (Å²) in [6.45, 7) is 2.99. The lowest BCUT2D eigenvalue weighted by Gasteiger charge is -2.22. The summed E-state index contributed by atoms with van der Waals surface area (Å²) in [6, 6.07) is 0. The minimum atomic E-state index is -0.352. The van der Waals surface area contributed by atoms with Gasteiger partial charge in [-0.3, -0.25) is 0 Å². The highest BCUT2D eigenvalue weighted by Crippen LogP contribution is 1.21. The highest BCUT2D eigenvalue weighted by Gasteiger charge is 1.86. The van der Waals surface area contributed by atoms with E-state index in [9.17, 15) is 5.21 Å². The lowest BCUT2D eigenvalue weighted by Crippen LogP contribution is -3.51. The first-order valence-electron chi connectivity index (χ1n) is 1.74. The topological polar surface area (TPSA) is 68.1 Å². The molecule has 0 bridgehead atoms. The van der Waals surface area contributed by atoms with Crippen molar-refractivity contribution in [1.29, 1.82) is 0 Å². The van der Waals surface area contributed by atoms with Gasteiger partial charge in [0.15, 0.2) is 0 Å². The molecular weight excluding hydrogens is 96.0 g/mol. The third-order valence-electron chi connectivity index (χ3n) is 0.492. The molecule has 0 aromatic rings. The summed E-state index contributed by atoms with van der Waals surface area (Å²) in [4.78, 5) is 0. The third-order valence-corrected chi connectivity index (χ3v) is 0.492. The highest BCUT2D eigenvalue weighted by molar-refractivity contribution is 5.20. The van der Waals surface area contributed by atoms with Crippen LogP contribution in [0.3, 0.4) is 0 Å². The molecule has 0 aliphatic carbocycles. The first-order chi connectivity index (χ1) is 3.18. The molecule has 0 heterocycles. The number of nitrogens with zero attached hydrogens (tertiary/aromatic N) is 1. The zero-order chi connectivity index (χ0) is 5.86. The van der Waals surface area contributed by atoms with Gasteiger partial charge in [-0.1, -0.05) is 5.10 Å². The third kappa shape index (κ3) is 2.24. The van der Waals surface area contributed by atoms with Crippen LogP contribution in [0.5, 0.6) is 0 Å². The fraction of sp³-hybridized carbons (Fsp3) is 0.500. The fourth-order valence-electron chi connectivity index (χ4n) is 0.111. The van der Waals surface area contributed by atoms with Crippen LogP contribution in [0.25, 0.3) is 5.84 Å². The van der Waals surface area contributed by atoms with Gasteiger partial charge in [0.25, 0.3) is 0 Å². The van der Waals surface area contributed by atoms with Crippen LogP contribution in [0.2, 0.25) is 0 Å². The van der Waals surface area contributed by atoms with E-state index in [0.717, 1.165) is 0 Å². The van der Waals surface area contributed by atoms with Gasteiger partial charge in [-0.2, -0.15) is 0 Å². The average molecular weight is 104 g/mol. The second-order valence-electron chi connectivity index (χ2n) is 1.06. The minimum Gasteiger partial charge on any atom is -0.583 e. The van der Waals surface area contributed by atoms with Crippen LogP contribution < -0.4 is 10.4 Å². The Morgan fingerprint density at radius 1 is 1.86 bits per heavy atom. The van der Waals surface area contributed by atoms with E-state index in [1.807, 2.05) is 0 Å². The van der Waals surface area contributed by atoms with Gasteiger partial charge in [0.1, 0.15) is 7.05 Å². The summed E-state index contributed by atoms with van der Waals surface area (Å²) in [6.07, 6.45) is 0. The summed E-state index contributed by atoms with van der Waals surface area (Å²) in [5.41, 5.74) is 0. The van der Waals surface area contributed by atoms with Gasteiger partial charge in [0.2, 0.25) is 0 Å². The van der Waals surface area contributed by atoms with Crippen molar-refractivity contribution in [3.8, 4) is 0 Å². The van der Waals surface area contributed by atoms with E-state index >= 15 is 0 Å². The molecule has 0 saturated carbocycles. The Bertz CT molecular complexity index is 62.7. The summed E-state index contributed by atoms with van der Waals surface area (Å²) in [5, 5.41) is 12.5. The molecule has 0 radical (unpaired) electrons. The Kier molecular flexibility index (Phi) is 2.46. The average Bonchev–Trinajstić information content (AvgIpc) is 1.65. The molecule has 0 aliphatic heterocycles. The summed E-state index contributed by atoms with van der Waals surface area (Å²) in [5.74, 6) is 6.61. The molecule has 42 valence electrons. The van der Waals surface area contributed by atoms with Crippen LogP contribution in [0, 0.1) is 5.21 Å². The molecule has 0 amide bonds. The molecule has 0 spiro atoms. The zero-order valence-corrected chi connectivity index (χ0v) is 4.06.